The fraction of sp³-hybridized carbons (Fsp3) is 0.143. The van der Waals surface area contributed by atoms with Crippen molar-refractivity contribution in [3.05, 3.63) is 48.5 Å². The minimum atomic E-state index is 0.664. The molecule has 5 nitrogen and oxygen atoms in total. The maximum Gasteiger partial charge on any atom is 0.134 e. The molecule has 0 aliphatic carbocycles. The largest absolute Gasteiger partial charge is 0.464 e. The van der Waals surface area contributed by atoms with E-state index in [0.717, 1.165) is 28.2 Å². The molecule has 0 aliphatic heterocycles. The lowest BCUT2D eigenvalue weighted by molar-refractivity contribution is 0.611. The van der Waals surface area contributed by atoms with Crippen molar-refractivity contribution in [2.24, 2.45) is 0 Å². The Labute approximate surface area is 110 Å². The van der Waals surface area contributed by atoms with Crippen molar-refractivity contribution in [1.82, 2.24) is 9.97 Å². The van der Waals surface area contributed by atoms with Crippen molar-refractivity contribution in [2.45, 2.75) is 6.54 Å². The molecule has 0 bridgehead atoms. The van der Waals surface area contributed by atoms with Gasteiger partial charge in [-0.2, -0.15) is 0 Å². The molecule has 0 unspecified atom stereocenters. The van der Waals surface area contributed by atoms with E-state index in [0.29, 0.717) is 6.54 Å². The van der Waals surface area contributed by atoms with Crippen molar-refractivity contribution >= 4 is 22.6 Å². The molecule has 3 rings (SSSR count). The molecule has 0 saturated heterocycles. The Morgan fingerprint density at radius 3 is 2.89 bits per heavy atom. The smallest absolute Gasteiger partial charge is 0.134 e. The fourth-order valence-electron chi connectivity index (χ4n) is 1.95. The van der Waals surface area contributed by atoms with E-state index in [2.05, 4.69) is 26.7 Å². The van der Waals surface area contributed by atoms with Crippen LogP contribution in [0, 0.1) is 0 Å². The van der Waals surface area contributed by atoms with E-state index in [9.17, 15) is 0 Å². The molecule has 0 spiro atoms. The van der Waals surface area contributed by atoms with Gasteiger partial charge in [0, 0.05) is 30.6 Å². The van der Waals surface area contributed by atoms with Gasteiger partial charge in [0.15, 0.2) is 0 Å². The number of para-hydroxylation sites is 1. The summed E-state index contributed by atoms with van der Waals surface area (Å²) in [6.07, 6.45) is 3.31. The van der Waals surface area contributed by atoms with E-state index in [-0.39, 0.29) is 0 Å². The summed E-state index contributed by atoms with van der Waals surface area (Å²) in [5, 5.41) is 7.37. The monoisotopic (exact) mass is 254 g/mol. The molecule has 2 aromatic heterocycles. The van der Waals surface area contributed by atoms with Crippen LogP contribution in [0.15, 0.2) is 47.3 Å². The number of nitrogens with zero attached hydrogens (tertiary/aromatic N) is 2. The van der Waals surface area contributed by atoms with Gasteiger partial charge in [-0.3, -0.25) is 0 Å². The quantitative estimate of drug-likeness (QED) is 0.749. The van der Waals surface area contributed by atoms with Crippen LogP contribution in [0.5, 0.6) is 0 Å². The van der Waals surface area contributed by atoms with Crippen LogP contribution >= 0.6 is 0 Å². The number of rotatable bonds is 4. The molecule has 0 fully saturated rings. The predicted molar refractivity (Wildman–Crippen MR) is 75.1 cm³/mol. The van der Waals surface area contributed by atoms with Gasteiger partial charge in [-0.1, -0.05) is 18.2 Å². The Bertz CT molecular complexity index is 692. The van der Waals surface area contributed by atoms with Gasteiger partial charge in [-0.15, -0.1) is 0 Å². The second kappa shape index (κ2) is 4.97. The van der Waals surface area contributed by atoms with E-state index < -0.39 is 0 Å². The third kappa shape index (κ3) is 2.35. The van der Waals surface area contributed by atoms with Gasteiger partial charge in [0.2, 0.25) is 0 Å². The number of nitrogens with one attached hydrogen (secondary N) is 2. The zero-order valence-electron chi connectivity index (χ0n) is 10.6. The molecule has 3 aromatic rings. The molecule has 5 heteroatoms. The van der Waals surface area contributed by atoms with Gasteiger partial charge in [0.05, 0.1) is 6.26 Å². The summed E-state index contributed by atoms with van der Waals surface area (Å²) >= 11 is 0. The van der Waals surface area contributed by atoms with Crippen LogP contribution in [-0.4, -0.2) is 17.0 Å². The van der Waals surface area contributed by atoms with Crippen molar-refractivity contribution in [2.75, 3.05) is 17.7 Å². The predicted octanol–water partition coefficient (Wildman–Crippen LogP) is 2.88. The summed E-state index contributed by atoms with van der Waals surface area (Å²) in [5.74, 6) is 1.57. The number of benzene rings is 1. The molecule has 0 atom stereocenters. The van der Waals surface area contributed by atoms with Crippen LogP contribution < -0.4 is 10.6 Å². The zero-order valence-corrected chi connectivity index (χ0v) is 10.6. The van der Waals surface area contributed by atoms with Gasteiger partial charge in [0.25, 0.3) is 0 Å². The lowest BCUT2D eigenvalue weighted by Crippen LogP contribution is -2.02. The second-order valence-electron chi connectivity index (χ2n) is 4.15. The highest BCUT2D eigenvalue weighted by atomic mass is 16.3. The van der Waals surface area contributed by atoms with Crippen LogP contribution in [0.25, 0.3) is 11.0 Å². The number of hydrogen-bond acceptors (Lipinski definition) is 5. The van der Waals surface area contributed by atoms with E-state index >= 15 is 0 Å². The first-order valence-corrected chi connectivity index (χ1v) is 6.05. The van der Waals surface area contributed by atoms with E-state index in [1.165, 1.54) is 6.33 Å². The fourth-order valence-corrected chi connectivity index (χ4v) is 1.95. The Morgan fingerprint density at radius 1 is 1.16 bits per heavy atom. The molecule has 96 valence electrons. The number of hydrogen-bond donors (Lipinski definition) is 2. The Morgan fingerprint density at radius 2 is 2.00 bits per heavy atom. The first kappa shape index (κ1) is 11.5. The summed E-state index contributed by atoms with van der Waals surface area (Å²) in [6.45, 7) is 0.664. The maximum atomic E-state index is 5.50. The van der Waals surface area contributed by atoms with Crippen molar-refractivity contribution < 1.29 is 4.42 Å². The molecule has 0 amide bonds. The van der Waals surface area contributed by atoms with Crippen molar-refractivity contribution in [3.8, 4) is 0 Å². The normalized spacial score (nSPS) is 10.6. The van der Waals surface area contributed by atoms with Gasteiger partial charge < -0.3 is 15.1 Å². The van der Waals surface area contributed by atoms with Crippen molar-refractivity contribution in [3.63, 3.8) is 0 Å². The van der Waals surface area contributed by atoms with Crippen LogP contribution in [0.3, 0.4) is 0 Å². The van der Waals surface area contributed by atoms with Crippen LogP contribution in [0.2, 0.25) is 0 Å². The van der Waals surface area contributed by atoms with Crippen LogP contribution in [0.4, 0.5) is 11.6 Å². The number of anilines is 2. The molecule has 0 aliphatic rings. The van der Waals surface area contributed by atoms with E-state index in [1.54, 1.807) is 6.26 Å². The minimum Gasteiger partial charge on any atom is -0.464 e. The van der Waals surface area contributed by atoms with E-state index in [1.807, 2.05) is 31.3 Å². The first-order chi connectivity index (χ1) is 9.36. The zero-order chi connectivity index (χ0) is 13.1. The topological polar surface area (TPSA) is 63.0 Å². The Hall–Kier alpha value is -2.56. The summed E-state index contributed by atoms with van der Waals surface area (Å²) < 4.78 is 5.50. The minimum absolute atomic E-state index is 0.664. The second-order valence-corrected chi connectivity index (χ2v) is 4.15. The molecular weight excluding hydrogens is 240 g/mol. The Kier molecular flexibility index (Phi) is 3.02. The molecular formula is C14H14N4O. The summed E-state index contributed by atoms with van der Waals surface area (Å²) in [4.78, 5) is 8.25. The third-order valence-electron chi connectivity index (χ3n) is 2.94. The van der Waals surface area contributed by atoms with Crippen LogP contribution in [0.1, 0.15) is 5.56 Å². The first-order valence-electron chi connectivity index (χ1n) is 6.05. The number of fused-ring (bicyclic) bond motifs is 1. The van der Waals surface area contributed by atoms with Crippen LogP contribution in [-0.2, 0) is 6.54 Å². The molecule has 0 saturated carbocycles. The highest BCUT2D eigenvalue weighted by molar-refractivity contribution is 5.81. The lowest BCUT2D eigenvalue weighted by atomic mass is 10.2. The van der Waals surface area contributed by atoms with Gasteiger partial charge in [0.1, 0.15) is 23.5 Å². The summed E-state index contributed by atoms with van der Waals surface area (Å²) in [6, 6.07) is 9.84. The van der Waals surface area contributed by atoms with E-state index in [4.69, 9.17) is 4.42 Å². The maximum absolute atomic E-state index is 5.50. The molecule has 2 N–H and O–H groups in total. The molecule has 1 aromatic carbocycles. The summed E-state index contributed by atoms with van der Waals surface area (Å²) in [5.41, 5.74) is 2.01. The molecule has 0 radical (unpaired) electrons. The van der Waals surface area contributed by atoms with Gasteiger partial charge in [-0.25, -0.2) is 9.97 Å². The Balaban J connectivity index is 1.78. The lowest BCUT2D eigenvalue weighted by Gasteiger charge is -2.05. The van der Waals surface area contributed by atoms with Gasteiger partial charge in [-0.05, 0) is 6.07 Å². The average molecular weight is 254 g/mol. The highest BCUT2D eigenvalue weighted by Crippen LogP contribution is 2.21. The molecule has 19 heavy (non-hydrogen) atoms. The van der Waals surface area contributed by atoms with Crippen molar-refractivity contribution in [1.29, 1.82) is 0 Å². The highest BCUT2D eigenvalue weighted by Gasteiger charge is 2.05. The third-order valence-corrected chi connectivity index (χ3v) is 2.94. The number of aromatic nitrogens is 2. The number of furan rings is 1. The summed E-state index contributed by atoms with van der Waals surface area (Å²) in [7, 11) is 1.83. The standard InChI is InChI=1S/C14H14N4O/c1-15-13-6-14(18-9-17-13)16-7-10-8-19-12-5-3-2-4-11(10)12/h2-6,8-9H,7H2,1H3,(H2,15,16,17,18). The SMILES string of the molecule is CNc1cc(NCc2coc3ccccc23)ncn1. The molecule has 2 heterocycles. The average Bonchev–Trinajstić information content (AvgIpc) is 2.89. The van der Waals surface area contributed by atoms with Gasteiger partial charge >= 0.3 is 0 Å².